The van der Waals surface area contributed by atoms with E-state index < -0.39 is 16.0 Å². The zero-order valence-corrected chi connectivity index (χ0v) is 8.54. The number of aliphatic hydroxyl groups is 1. The van der Waals surface area contributed by atoms with Crippen molar-refractivity contribution in [3.8, 4) is 0 Å². The number of hydrogen-bond acceptors (Lipinski definition) is 5. The molecule has 0 bridgehead atoms. The van der Waals surface area contributed by atoms with Crippen LogP contribution in [0.5, 0.6) is 0 Å². The molecule has 0 amide bonds. The van der Waals surface area contributed by atoms with Gasteiger partial charge in [-0.25, -0.2) is 0 Å². The normalized spacial score (nSPS) is 10.3. The Balaban J connectivity index is 2.64. The number of rotatable bonds is 6. The molecule has 1 aromatic heterocycles. The van der Waals surface area contributed by atoms with E-state index in [9.17, 15) is 14.9 Å². The molecular weight excluding hydrogens is 216 g/mol. The van der Waals surface area contributed by atoms with Gasteiger partial charge in [0.25, 0.3) is 5.43 Å². The van der Waals surface area contributed by atoms with Crippen LogP contribution in [-0.2, 0) is 11.3 Å². The van der Waals surface area contributed by atoms with E-state index in [4.69, 9.17) is 9.84 Å². The molecule has 88 valence electrons. The molecule has 7 heteroatoms. The average Bonchev–Trinajstić information content (AvgIpc) is 2.26. The molecule has 0 fully saturated rings. The van der Waals surface area contributed by atoms with E-state index in [1.807, 2.05) is 0 Å². The van der Waals surface area contributed by atoms with Crippen molar-refractivity contribution in [2.75, 3.05) is 19.8 Å². The predicted octanol–water partition coefficient (Wildman–Crippen LogP) is -0.235. The Hall–Kier alpha value is -1.73. The lowest BCUT2D eigenvalue weighted by molar-refractivity contribution is -0.386. The summed E-state index contributed by atoms with van der Waals surface area (Å²) in [4.78, 5) is 20.8. The highest BCUT2D eigenvalue weighted by molar-refractivity contribution is 5.25. The standard InChI is InChI=1S/C9H12N2O5/c12-4-6-16-5-3-10-2-1-9(13)8(7-10)11(14)15/h1-2,7,12H,3-6H2. The summed E-state index contributed by atoms with van der Waals surface area (Å²) in [6.07, 6.45) is 2.63. The first kappa shape index (κ1) is 12.3. The summed E-state index contributed by atoms with van der Waals surface area (Å²) in [6, 6.07) is 1.14. The van der Waals surface area contributed by atoms with Gasteiger partial charge in [0.1, 0.15) is 0 Å². The van der Waals surface area contributed by atoms with Gasteiger partial charge in [-0.3, -0.25) is 14.9 Å². The van der Waals surface area contributed by atoms with E-state index in [0.717, 1.165) is 6.07 Å². The Morgan fingerprint density at radius 2 is 2.25 bits per heavy atom. The topological polar surface area (TPSA) is 94.6 Å². The second-order valence-corrected chi connectivity index (χ2v) is 3.03. The van der Waals surface area contributed by atoms with Crippen LogP contribution >= 0.6 is 0 Å². The maximum atomic E-state index is 11.1. The Morgan fingerprint density at radius 3 is 2.88 bits per heavy atom. The summed E-state index contributed by atoms with van der Waals surface area (Å²) in [7, 11) is 0. The summed E-state index contributed by atoms with van der Waals surface area (Å²) >= 11 is 0. The number of aromatic nitrogens is 1. The number of nitro groups is 1. The first-order valence-electron chi connectivity index (χ1n) is 4.68. The van der Waals surface area contributed by atoms with Gasteiger partial charge < -0.3 is 14.4 Å². The minimum Gasteiger partial charge on any atom is -0.394 e. The Kier molecular flexibility index (Phi) is 4.62. The van der Waals surface area contributed by atoms with Gasteiger partial charge in [-0.2, -0.15) is 0 Å². The van der Waals surface area contributed by atoms with E-state index in [1.165, 1.54) is 17.0 Å². The van der Waals surface area contributed by atoms with Crippen molar-refractivity contribution in [1.82, 2.24) is 4.57 Å². The SMILES string of the molecule is O=c1ccn(CCOCCO)cc1[N+](=O)[O-]. The Morgan fingerprint density at radius 1 is 1.50 bits per heavy atom. The van der Waals surface area contributed by atoms with Crippen LogP contribution in [0.1, 0.15) is 0 Å². The monoisotopic (exact) mass is 228 g/mol. The summed E-state index contributed by atoms with van der Waals surface area (Å²) < 4.78 is 6.50. The molecule has 0 atom stereocenters. The van der Waals surface area contributed by atoms with Gasteiger partial charge in [-0.15, -0.1) is 0 Å². The van der Waals surface area contributed by atoms with E-state index in [0.29, 0.717) is 13.2 Å². The summed E-state index contributed by atoms with van der Waals surface area (Å²) in [5, 5.41) is 18.9. The second-order valence-electron chi connectivity index (χ2n) is 3.03. The molecule has 0 unspecified atom stereocenters. The second kappa shape index (κ2) is 5.99. The first-order valence-corrected chi connectivity index (χ1v) is 4.68. The van der Waals surface area contributed by atoms with Gasteiger partial charge in [-0.1, -0.05) is 0 Å². The molecule has 0 aliphatic heterocycles. The molecule has 1 heterocycles. The fourth-order valence-electron chi connectivity index (χ4n) is 1.13. The van der Waals surface area contributed by atoms with Gasteiger partial charge in [0, 0.05) is 18.8 Å². The van der Waals surface area contributed by atoms with Crippen molar-refractivity contribution in [3.63, 3.8) is 0 Å². The Bertz CT molecular complexity index is 415. The molecule has 16 heavy (non-hydrogen) atoms. The molecule has 0 radical (unpaired) electrons. The molecule has 0 aliphatic carbocycles. The van der Waals surface area contributed by atoms with Crippen LogP contribution in [0, 0.1) is 10.1 Å². The van der Waals surface area contributed by atoms with E-state index in [1.54, 1.807) is 0 Å². The highest BCUT2D eigenvalue weighted by Crippen LogP contribution is 2.02. The average molecular weight is 228 g/mol. The minimum absolute atomic E-state index is 0.0652. The molecule has 0 spiro atoms. The Labute approximate surface area is 91.0 Å². The number of pyridine rings is 1. The van der Waals surface area contributed by atoms with Crippen LogP contribution in [0.15, 0.2) is 23.3 Å². The van der Waals surface area contributed by atoms with Crippen LogP contribution in [0.4, 0.5) is 5.69 Å². The van der Waals surface area contributed by atoms with Gasteiger partial charge in [0.2, 0.25) is 0 Å². The third-order valence-electron chi connectivity index (χ3n) is 1.88. The van der Waals surface area contributed by atoms with Crippen LogP contribution in [0.25, 0.3) is 0 Å². The fraction of sp³-hybridized carbons (Fsp3) is 0.444. The number of hydrogen-bond donors (Lipinski definition) is 1. The quantitative estimate of drug-likeness (QED) is 0.412. The molecule has 0 saturated heterocycles. The molecule has 0 saturated carbocycles. The van der Waals surface area contributed by atoms with E-state index in [-0.39, 0.29) is 13.2 Å². The molecular formula is C9H12N2O5. The smallest absolute Gasteiger partial charge is 0.332 e. The van der Waals surface area contributed by atoms with Crippen molar-refractivity contribution in [3.05, 3.63) is 38.8 Å². The number of aliphatic hydroxyl groups excluding tert-OH is 1. The van der Waals surface area contributed by atoms with Gasteiger partial charge >= 0.3 is 5.69 Å². The lowest BCUT2D eigenvalue weighted by Gasteiger charge is -2.05. The molecule has 0 aromatic carbocycles. The highest BCUT2D eigenvalue weighted by atomic mass is 16.6. The van der Waals surface area contributed by atoms with Crippen LogP contribution in [0.2, 0.25) is 0 Å². The lowest BCUT2D eigenvalue weighted by Crippen LogP contribution is -2.13. The lowest BCUT2D eigenvalue weighted by atomic mass is 10.4. The number of ether oxygens (including phenoxy) is 1. The van der Waals surface area contributed by atoms with Gasteiger partial charge in [-0.05, 0) is 0 Å². The van der Waals surface area contributed by atoms with Gasteiger partial charge in [0.05, 0.1) is 30.9 Å². The van der Waals surface area contributed by atoms with E-state index >= 15 is 0 Å². The van der Waals surface area contributed by atoms with Crippen molar-refractivity contribution < 1.29 is 14.8 Å². The maximum Gasteiger partial charge on any atom is 0.332 e. The third kappa shape index (κ3) is 3.44. The van der Waals surface area contributed by atoms with Crippen molar-refractivity contribution in [2.45, 2.75) is 6.54 Å². The highest BCUT2D eigenvalue weighted by Gasteiger charge is 2.11. The molecule has 1 rings (SSSR count). The minimum atomic E-state index is -0.715. The predicted molar refractivity (Wildman–Crippen MR) is 55.3 cm³/mol. The van der Waals surface area contributed by atoms with Crippen LogP contribution in [-0.4, -0.2) is 34.4 Å². The van der Waals surface area contributed by atoms with Gasteiger partial charge in [0.15, 0.2) is 0 Å². The zero-order valence-electron chi connectivity index (χ0n) is 8.54. The third-order valence-corrected chi connectivity index (χ3v) is 1.88. The molecule has 7 nitrogen and oxygen atoms in total. The largest absolute Gasteiger partial charge is 0.394 e. The molecule has 1 aromatic rings. The van der Waals surface area contributed by atoms with Crippen molar-refractivity contribution in [1.29, 1.82) is 0 Å². The first-order chi connectivity index (χ1) is 7.65. The van der Waals surface area contributed by atoms with Crippen LogP contribution < -0.4 is 5.43 Å². The molecule has 1 N–H and O–H groups in total. The summed E-state index contributed by atoms with van der Waals surface area (Å²) in [5.41, 5.74) is -1.07. The summed E-state index contributed by atoms with van der Waals surface area (Å²) in [5.74, 6) is 0. The molecule has 0 aliphatic rings. The van der Waals surface area contributed by atoms with Crippen molar-refractivity contribution in [2.24, 2.45) is 0 Å². The van der Waals surface area contributed by atoms with Crippen LogP contribution in [0.3, 0.4) is 0 Å². The zero-order chi connectivity index (χ0) is 12.0. The maximum absolute atomic E-state index is 11.1. The van der Waals surface area contributed by atoms with E-state index in [2.05, 4.69) is 0 Å². The number of nitrogens with zero attached hydrogens (tertiary/aromatic N) is 2. The summed E-state index contributed by atoms with van der Waals surface area (Å²) in [6.45, 7) is 0.869. The fourth-order valence-corrected chi connectivity index (χ4v) is 1.13. The van der Waals surface area contributed by atoms with Crippen molar-refractivity contribution >= 4 is 5.69 Å².